The molecule has 3 rings (SSSR count). The summed E-state index contributed by atoms with van der Waals surface area (Å²) in [5.74, 6) is -1.87. The van der Waals surface area contributed by atoms with Crippen LogP contribution in [-0.2, 0) is 14.3 Å². The molecule has 0 saturated carbocycles. The Hall–Kier alpha value is -3.35. The average molecular weight is 424 g/mol. The van der Waals surface area contributed by atoms with E-state index in [1.165, 1.54) is 4.90 Å². The lowest BCUT2D eigenvalue weighted by Gasteiger charge is -2.22. The van der Waals surface area contributed by atoms with Gasteiger partial charge in [-0.2, -0.15) is 0 Å². The fraction of sp³-hybridized carbons (Fsp3) is 0.375. The van der Waals surface area contributed by atoms with E-state index in [2.05, 4.69) is 29.6 Å². The van der Waals surface area contributed by atoms with Gasteiger partial charge in [0, 0.05) is 32.0 Å². The zero-order chi connectivity index (χ0) is 22.5. The van der Waals surface area contributed by atoms with Gasteiger partial charge in [0.2, 0.25) is 5.91 Å². The number of ether oxygens (including phenoxy) is 1. The first-order valence-electron chi connectivity index (χ1n) is 10.4. The standard InChI is InChI=1S/C24H28N2O5/c1-15(23(28)29)13-26(3)22(27)12-16(2)25-24(30)31-14-21-19-10-6-4-8-17(19)18-9-5-7-11-20(18)21/h4-11,15-16,21H,12-14H2,1-3H3,(H,25,30)(H,28,29)/t15?,16-/m0/s1. The van der Waals surface area contributed by atoms with Gasteiger partial charge in [0.15, 0.2) is 0 Å². The van der Waals surface area contributed by atoms with Crippen LogP contribution in [0.25, 0.3) is 11.1 Å². The Bertz CT molecular complexity index is 928. The number of amides is 2. The van der Waals surface area contributed by atoms with Gasteiger partial charge >= 0.3 is 12.1 Å². The third-order valence-electron chi connectivity index (χ3n) is 5.58. The number of hydrogen-bond donors (Lipinski definition) is 2. The second-order valence-electron chi connectivity index (χ2n) is 8.09. The molecule has 0 aromatic heterocycles. The lowest BCUT2D eigenvalue weighted by Crippen LogP contribution is -2.40. The van der Waals surface area contributed by atoms with Gasteiger partial charge in [-0.15, -0.1) is 0 Å². The van der Waals surface area contributed by atoms with E-state index in [1.807, 2.05) is 24.3 Å². The Morgan fingerprint density at radius 1 is 1.03 bits per heavy atom. The van der Waals surface area contributed by atoms with Crippen molar-refractivity contribution < 1.29 is 24.2 Å². The maximum Gasteiger partial charge on any atom is 0.407 e. The molecule has 7 heteroatoms. The summed E-state index contributed by atoms with van der Waals surface area (Å²) in [7, 11) is 1.56. The predicted molar refractivity (Wildman–Crippen MR) is 117 cm³/mol. The normalized spacial score (nSPS) is 14.2. The van der Waals surface area contributed by atoms with Crippen molar-refractivity contribution >= 4 is 18.0 Å². The number of benzene rings is 2. The molecule has 31 heavy (non-hydrogen) atoms. The Morgan fingerprint density at radius 2 is 1.58 bits per heavy atom. The van der Waals surface area contributed by atoms with Crippen LogP contribution in [0.3, 0.4) is 0 Å². The summed E-state index contributed by atoms with van der Waals surface area (Å²) in [5.41, 5.74) is 4.58. The monoisotopic (exact) mass is 424 g/mol. The molecule has 2 aromatic rings. The number of fused-ring (bicyclic) bond motifs is 3. The number of alkyl carbamates (subject to hydrolysis) is 1. The summed E-state index contributed by atoms with van der Waals surface area (Å²) in [6.07, 6.45) is -0.517. The molecule has 1 aliphatic carbocycles. The van der Waals surface area contributed by atoms with Crippen LogP contribution in [0.15, 0.2) is 48.5 Å². The average Bonchev–Trinajstić information content (AvgIpc) is 3.05. The van der Waals surface area contributed by atoms with Gasteiger partial charge < -0.3 is 20.1 Å². The lowest BCUT2D eigenvalue weighted by molar-refractivity contribution is -0.142. The van der Waals surface area contributed by atoms with Crippen molar-refractivity contribution in [1.29, 1.82) is 0 Å². The third kappa shape index (κ3) is 5.23. The number of nitrogens with zero attached hydrogens (tertiary/aromatic N) is 1. The van der Waals surface area contributed by atoms with Gasteiger partial charge in [0.25, 0.3) is 0 Å². The summed E-state index contributed by atoms with van der Waals surface area (Å²) in [6, 6.07) is 15.8. The van der Waals surface area contributed by atoms with Crippen LogP contribution < -0.4 is 5.32 Å². The largest absolute Gasteiger partial charge is 0.481 e. The molecule has 0 saturated heterocycles. The molecule has 164 valence electrons. The second-order valence-corrected chi connectivity index (χ2v) is 8.09. The number of aliphatic carboxylic acids is 1. The van der Waals surface area contributed by atoms with Crippen molar-refractivity contribution in [1.82, 2.24) is 10.2 Å². The molecule has 0 heterocycles. The van der Waals surface area contributed by atoms with Gasteiger partial charge in [-0.3, -0.25) is 9.59 Å². The van der Waals surface area contributed by atoms with E-state index in [4.69, 9.17) is 9.84 Å². The van der Waals surface area contributed by atoms with Gasteiger partial charge in [-0.05, 0) is 29.2 Å². The molecular weight excluding hydrogens is 396 g/mol. The molecule has 0 aliphatic heterocycles. The minimum absolute atomic E-state index is 0.0290. The number of carboxylic acid groups (broad SMARTS) is 1. The molecule has 0 radical (unpaired) electrons. The minimum Gasteiger partial charge on any atom is -0.481 e. The van der Waals surface area contributed by atoms with Crippen molar-refractivity contribution in [2.24, 2.45) is 5.92 Å². The highest BCUT2D eigenvalue weighted by Crippen LogP contribution is 2.44. The summed E-state index contributed by atoms with van der Waals surface area (Å²) in [5, 5.41) is 11.7. The zero-order valence-corrected chi connectivity index (χ0v) is 18.0. The summed E-state index contributed by atoms with van der Waals surface area (Å²) >= 11 is 0. The molecule has 0 spiro atoms. The lowest BCUT2D eigenvalue weighted by atomic mass is 9.98. The second kappa shape index (κ2) is 9.64. The fourth-order valence-electron chi connectivity index (χ4n) is 3.90. The van der Waals surface area contributed by atoms with E-state index in [-0.39, 0.29) is 31.4 Å². The molecule has 1 unspecified atom stereocenters. The van der Waals surface area contributed by atoms with Crippen LogP contribution in [0.1, 0.15) is 37.3 Å². The highest BCUT2D eigenvalue weighted by molar-refractivity contribution is 5.80. The molecule has 2 N–H and O–H groups in total. The minimum atomic E-state index is -0.954. The molecule has 0 bridgehead atoms. The van der Waals surface area contributed by atoms with Gasteiger partial charge in [0.1, 0.15) is 6.61 Å². The first-order valence-corrected chi connectivity index (χ1v) is 10.4. The molecule has 2 atom stereocenters. The third-order valence-corrected chi connectivity index (χ3v) is 5.58. The van der Waals surface area contributed by atoms with Crippen LogP contribution in [0.4, 0.5) is 4.79 Å². The van der Waals surface area contributed by atoms with Crippen molar-refractivity contribution in [3.05, 3.63) is 59.7 Å². The van der Waals surface area contributed by atoms with E-state index >= 15 is 0 Å². The molecule has 7 nitrogen and oxygen atoms in total. The molecule has 2 aromatic carbocycles. The van der Waals surface area contributed by atoms with Crippen LogP contribution in [0.2, 0.25) is 0 Å². The highest BCUT2D eigenvalue weighted by Gasteiger charge is 2.29. The van der Waals surface area contributed by atoms with E-state index in [0.29, 0.717) is 0 Å². The van der Waals surface area contributed by atoms with Gasteiger partial charge in [0.05, 0.1) is 5.92 Å². The maximum absolute atomic E-state index is 12.3. The SMILES string of the molecule is CC(CN(C)C(=O)C[C@H](C)NC(=O)OCC1c2ccccc2-c2ccccc21)C(=O)O. The first kappa shape index (κ1) is 22.3. The number of hydrogen-bond acceptors (Lipinski definition) is 4. The predicted octanol–water partition coefficient (Wildman–Crippen LogP) is 3.48. The van der Waals surface area contributed by atoms with Crippen LogP contribution in [0, 0.1) is 5.92 Å². The van der Waals surface area contributed by atoms with Gasteiger partial charge in [-0.25, -0.2) is 4.79 Å². The number of carbonyl (C=O) groups is 3. The van der Waals surface area contributed by atoms with Crippen molar-refractivity contribution in [2.45, 2.75) is 32.2 Å². The quantitative estimate of drug-likeness (QED) is 0.676. The number of rotatable bonds is 8. The van der Waals surface area contributed by atoms with Crippen LogP contribution in [-0.4, -0.2) is 54.2 Å². The number of nitrogens with one attached hydrogen (secondary N) is 1. The van der Waals surface area contributed by atoms with Crippen molar-refractivity contribution in [2.75, 3.05) is 20.2 Å². The summed E-state index contributed by atoms with van der Waals surface area (Å²) in [4.78, 5) is 36.9. The number of carbonyl (C=O) groups excluding carboxylic acids is 2. The van der Waals surface area contributed by atoms with E-state index in [9.17, 15) is 14.4 Å². The van der Waals surface area contributed by atoms with E-state index in [1.54, 1.807) is 20.9 Å². The van der Waals surface area contributed by atoms with Gasteiger partial charge in [-0.1, -0.05) is 55.5 Å². The summed E-state index contributed by atoms with van der Waals surface area (Å²) < 4.78 is 5.50. The first-order chi connectivity index (χ1) is 14.8. The summed E-state index contributed by atoms with van der Waals surface area (Å²) in [6.45, 7) is 3.58. The molecular formula is C24H28N2O5. The van der Waals surface area contributed by atoms with Crippen LogP contribution in [0.5, 0.6) is 0 Å². The zero-order valence-electron chi connectivity index (χ0n) is 18.0. The van der Waals surface area contributed by atoms with Crippen molar-refractivity contribution in [3.8, 4) is 11.1 Å². The molecule has 2 amide bonds. The highest BCUT2D eigenvalue weighted by atomic mass is 16.5. The Labute approximate surface area is 182 Å². The molecule has 1 aliphatic rings. The number of carboxylic acids is 1. The molecule has 0 fully saturated rings. The Balaban J connectivity index is 1.52. The smallest absolute Gasteiger partial charge is 0.407 e. The van der Waals surface area contributed by atoms with Crippen molar-refractivity contribution in [3.63, 3.8) is 0 Å². The fourth-order valence-corrected chi connectivity index (χ4v) is 3.90. The van der Waals surface area contributed by atoms with E-state index < -0.39 is 24.0 Å². The van der Waals surface area contributed by atoms with E-state index in [0.717, 1.165) is 22.3 Å². The Morgan fingerprint density at radius 3 is 2.13 bits per heavy atom. The van der Waals surface area contributed by atoms with Crippen LogP contribution >= 0.6 is 0 Å². The Kier molecular flexibility index (Phi) is 6.95. The topological polar surface area (TPSA) is 95.9 Å². The maximum atomic E-state index is 12.3.